The minimum Gasteiger partial charge on any atom is -0.481 e. The molecular formula is C46H66N2O6. The van der Waals surface area contributed by atoms with Gasteiger partial charge >= 0.3 is 5.97 Å². The SMILES string of the molecule is CCCCCCCCN(CCCCCCCC)C[C@H]1C[C@@H](c2ccc(CO)cc2)O[C@@H](c2ccc(-c3ccccc3CNC(=O)CCCC(=O)O)cc2)O1. The number of carbonyl (C=O) groups excluding carboxylic acids is 1. The van der Waals surface area contributed by atoms with Gasteiger partial charge in [0.2, 0.25) is 5.91 Å². The lowest BCUT2D eigenvalue weighted by molar-refractivity contribution is -0.253. The number of aliphatic hydroxyl groups is 1. The number of carboxylic acids is 1. The molecule has 0 unspecified atom stereocenters. The Morgan fingerprint density at radius 3 is 1.96 bits per heavy atom. The second-order valence-corrected chi connectivity index (χ2v) is 15.0. The number of ether oxygens (including phenoxy) is 2. The standard InChI is InChI=1S/C46H66N2O6/c1-3-5-7-9-11-15-30-48(31-16-12-10-8-6-4-2)34-41-32-43(38-24-22-36(35-49)23-25-38)54-46(53-41)39-28-26-37(27-29-39)42-19-14-13-18-40(42)33-47-44(50)20-17-21-45(51)52/h13-14,18-19,22-29,41,43,46,49H,3-12,15-17,20-21,30-35H2,1-2H3,(H,47,50)(H,51,52)/t41-,43+,46+/m1/s1. The van der Waals surface area contributed by atoms with E-state index in [0.717, 1.165) is 59.4 Å². The quantitative estimate of drug-likeness (QED) is 0.0703. The molecule has 1 aliphatic heterocycles. The summed E-state index contributed by atoms with van der Waals surface area (Å²) >= 11 is 0. The highest BCUT2D eigenvalue weighted by atomic mass is 16.7. The molecule has 1 amide bonds. The average Bonchev–Trinajstić information content (AvgIpc) is 3.19. The van der Waals surface area contributed by atoms with Crippen molar-refractivity contribution in [2.24, 2.45) is 0 Å². The maximum atomic E-state index is 12.4. The first-order valence-corrected chi connectivity index (χ1v) is 20.8. The van der Waals surface area contributed by atoms with Gasteiger partial charge in [0.1, 0.15) is 0 Å². The number of benzene rings is 3. The van der Waals surface area contributed by atoms with Crippen LogP contribution in [0.4, 0.5) is 0 Å². The predicted octanol–water partition coefficient (Wildman–Crippen LogP) is 10.3. The van der Waals surface area contributed by atoms with E-state index in [9.17, 15) is 14.7 Å². The van der Waals surface area contributed by atoms with Gasteiger partial charge in [-0.3, -0.25) is 9.59 Å². The van der Waals surface area contributed by atoms with E-state index in [1.165, 1.54) is 77.0 Å². The molecule has 1 heterocycles. The Kier molecular flexibility index (Phi) is 19.8. The zero-order valence-corrected chi connectivity index (χ0v) is 33.0. The third kappa shape index (κ3) is 15.3. The van der Waals surface area contributed by atoms with Crippen LogP contribution in [0.15, 0.2) is 72.8 Å². The Morgan fingerprint density at radius 1 is 0.722 bits per heavy atom. The van der Waals surface area contributed by atoms with Crippen LogP contribution in [0.2, 0.25) is 0 Å². The normalized spacial score (nSPS) is 17.1. The molecule has 1 aliphatic rings. The highest BCUT2D eigenvalue weighted by molar-refractivity contribution is 5.77. The molecule has 3 aromatic carbocycles. The first-order chi connectivity index (χ1) is 26.4. The number of carbonyl (C=O) groups is 2. The van der Waals surface area contributed by atoms with Gasteiger partial charge in [-0.05, 0) is 60.2 Å². The molecule has 8 nitrogen and oxygen atoms in total. The van der Waals surface area contributed by atoms with Gasteiger partial charge in [0.25, 0.3) is 0 Å². The molecule has 0 aliphatic carbocycles. The first-order valence-electron chi connectivity index (χ1n) is 20.8. The van der Waals surface area contributed by atoms with Crippen LogP contribution >= 0.6 is 0 Å². The smallest absolute Gasteiger partial charge is 0.303 e. The summed E-state index contributed by atoms with van der Waals surface area (Å²) < 4.78 is 13.5. The first kappa shape index (κ1) is 43.2. The molecule has 1 saturated heterocycles. The summed E-state index contributed by atoms with van der Waals surface area (Å²) in [5.41, 5.74) is 5.99. The Bertz CT molecular complexity index is 1480. The zero-order chi connectivity index (χ0) is 38.4. The topological polar surface area (TPSA) is 108 Å². The van der Waals surface area contributed by atoms with Gasteiger partial charge in [-0.15, -0.1) is 0 Å². The lowest BCUT2D eigenvalue weighted by atomic mass is 9.97. The number of hydrogen-bond donors (Lipinski definition) is 3. The molecule has 3 N–H and O–H groups in total. The van der Waals surface area contributed by atoms with Gasteiger partial charge in [0.05, 0.1) is 18.8 Å². The number of amides is 1. The second-order valence-electron chi connectivity index (χ2n) is 15.0. The van der Waals surface area contributed by atoms with E-state index in [2.05, 4.69) is 66.5 Å². The Labute approximate surface area is 324 Å². The lowest BCUT2D eigenvalue weighted by Gasteiger charge is -2.38. The summed E-state index contributed by atoms with van der Waals surface area (Å²) in [4.78, 5) is 25.8. The highest BCUT2D eigenvalue weighted by Crippen LogP contribution is 2.39. The summed E-state index contributed by atoms with van der Waals surface area (Å²) in [5, 5.41) is 21.5. The maximum absolute atomic E-state index is 12.4. The predicted molar refractivity (Wildman–Crippen MR) is 217 cm³/mol. The number of hydrogen-bond acceptors (Lipinski definition) is 6. The van der Waals surface area contributed by atoms with E-state index in [0.29, 0.717) is 13.0 Å². The Balaban J connectivity index is 1.47. The van der Waals surface area contributed by atoms with Crippen molar-refractivity contribution in [1.29, 1.82) is 0 Å². The molecular weight excluding hydrogens is 677 g/mol. The van der Waals surface area contributed by atoms with Crippen LogP contribution in [0.25, 0.3) is 11.1 Å². The number of aliphatic carboxylic acids is 1. The summed E-state index contributed by atoms with van der Waals surface area (Å²) in [7, 11) is 0. The van der Waals surface area contributed by atoms with Crippen LogP contribution in [0.5, 0.6) is 0 Å². The van der Waals surface area contributed by atoms with E-state index in [4.69, 9.17) is 14.6 Å². The maximum Gasteiger partial charge on any atom is 0.303 e. The van der Waals surface area contributed by atoms with Crippen molar-refractivity contribution in [3.8, 4) is 11.1 Å². The van der Waals surface area contributed by atoms with Gasteiger partial charge in [0, 0.05) is 37.9 Å². The molecule has 296 valence electrons. The number of carboxylic acid groups (broad SMARTS) is 1. The van der Waals surface area contributed by atoms with Crippen LogP contribution in [0.1, 0.15) is 151 Å². The number of nitrogens with one attached hydrogen (secondary N) is 1. The molecule has 4 rings (SSSR count). The van der Waals surface area contributed by atoms with Crippen LogP contribution in [0.3, 0.4) is 0 Å². The summed E-state index contributed by atoms with van der Waals surface area (Å²) in [6, 6.07) is 24.5. The molecule has 54 heavy (non-hydrogen) atoms. The van der Waals surface area contributed by atoms with Crippen molar-refractivity contribution in [3.63, 3.8) is 0 Å². The van der Waals surface area contributed by atoms with Crippen molar-refractivity contribution >= 4 is 11.9 Å². The third-order valence-electron chi connectivity index (χ3n) is 10.5. The van der Waals surface area contributed by atoms with E-state index in [-0.39, 0.29) is 37.6 Å². The van der Waals surface area contributed by atoms with E-state index < -0.39 is 12.3 Å². The number of nitrogens with zero attached hydrogens (tertiary/aromatic N) is 1. The van der Waals surface area contributed by atoms with Crippen LogP contribution < -0.4 is 5.32 Å². The molecule has 3 aromatic rings. The molecule has 0 aromatic heterocycles. The van der Waals surface area contributed by atoms with E-state index in [1.54, 1.807) is 0 Å². The van der Waals surface area contributed by atoms with Crippen LogP contribution in [-0.4, -0.2) is 52.7 Å². The fourth-order valence-corrected chi connectivity index (χ4v) is 7.31. The van der Waals surface area contributed by atoms with E-state index >= 15 is 0 Å². The van der Waals surface area contributed by atoms with Gasteiger partial charge in [0.15, 0.2) is 6.29 Å². The van der Waals surface area contributed by atoms with Crippen LogP contribution in [0, 0.1) is 0 Å². The molecule has 0 saturated carbocycles. The average molecular weight is 743 g/mol. The minimum absolute atomic E-state index is 0.00552. The molecule has 0 radical (unpaired) electrons. The van der Waals surface area contributed by atoms with Gasteiger partial charge in [-0.2, -0.15) is 0 Å². The number of rotatable bonds is 26. The lowest BCUT2D eigenvalue weighted by Crippen LogP contribution is -2.40. The third-order valence-corrected chi connectivity index (χ3v) is 10.5. The molecule has 1 fully saturated rings. The summed E-state index contributed by atoms with van der Waals surface area (Å²) in [6.07, 6.45) is 16.1. The minimum atomic E-state index is -0.891. The fourth-order valence-electron chi connectivity index (χ4n) is 7.31. The van der Waals surface area contributed by atoms with Crippen molar-refractivity contribution in [3.05, 3.63) is 95.1 Å². The highest BCUT2D eigenvalue weighted by Gasteiger charge is 2.33. The monoisotopic (exact) mass is 742 g/mol. The zero-order valence-electron chi connectivity index (χ0n) is 33.0. The number of aliphatic hydroxyl groups excluding tert-OH is 1. The second kappa shape index (κ2) is 24.8. The largest absolute Gasteiger partial charge is 0.481 e. The van der Waals surface area contributed by atoms with E-state index in [1.807, 2.05) is 30.3 Å². The van der Waals surface area contributed by atoms with Crippen LogP contribution in [-0.2, 0) is 32.2 Å². The summed E-state index contributed by atoms with van der Waals surface area (Å²) in [6.45, 7) is 7.99. The Hall–Kier alpha value is -3.56. The van der Waals surface area contributed by atoms with Gasteiger partial charge in [-0.1, -0.05) is 151 Å². The summed E-state index contributed by atoms with van der Waals surface area (Å²) in [5.74, 6) is -1.04. The fraction of sp³-hybridized carbons (Fsp3) is 0.565. The Morgan fingerprint density at radius 2 is 1.33 bits per heavy atom. The van der Waals surface area contributed by atoms with Crippen molar-refractivity contribution < 1.29 is 29.3 Å². The molecule has 8 heteroatoms. The van der Waals surface area contributed by atoms with Crippen molar-refractivity contribution in [2.75, 3.05) is 19.6 Å². The molecule has 0 bridgehead atoms. The van der Waals surface area contributed by atoms with Gasteiger partial charge in [-0.25, -0.2) is 0 Å². The van der Waals surface area contributed by atoms with Crippen molar-refractivity contribution in [1.82, 2.24) is 10.2 Å². The number of unbranched alkanes of at least 4 members (excludes halogenated alkanes) is 10. The van der Waals surface area contributed by atoms with Gasteiger partial charge < -0.3 is 29.9 Å². The molecule has 3 atom stereocenters. The molecule has 0 spiro atoms. The van der Waals surface area contributed by atoms with Crippen molar-refractivity contribution in [2.45, 2.75) is 148 Å².